The highest BCUT2D eigenvalue weighted by Gasteiger charge is 2.21. The molecule has 146 valence electrons. The fourth-order valence-electron chi connectivity index (χ4n) is 3.22. The van der Waals surface area contributed by atoms with Gasteiger partial charge in [0.2, 0.25) is 0 Å². The van der Waals surface area contributed by atoms with Gasteiger partial charge >= 0.3 is 0 Å². The molecule has 0 saturated carbocycles. The lowest BCUT2D eigenvalue weighted by molar-refractivity contribution is 0.590. The van der Waals surface area contributed by atoms with Crippen molar-refractivity contribution in [3.05, 3.63) is 95.6 Å². The van der Waals surface area contributed by atoms with E-state index in [0.29, 0.717) is 0 Å². The minimum atomic E-state index is -1.24. The van der Waals surface area contributed by atoms with Crippen LogP contribution in [0.5, 0.6) is 0 Å². The zero-order chi connectivity index (χ0) is 20.1. The van der Waals surface area contributed by atoms with Crippen molar-refractivity contribution in [1.82, 2.24) is 0 Å². The van der Waals surface area contributed by atoms with Crippen molar-refractivity contribution >= 4 is 40.1 Å². The van der Waals surface area contributed by atoms with Crippen LogP contribution in [0.25, 0.3) is 0 Å². The number of nitrogens with zero attached hydrogens (tertiary/aromatic N) is 1. The SMILES string of the molecule is CC(C)(C)c1ccc(P(Cl)Cl)c(N(Cc2ccccc2)Cc2ccccc2)c1. The molecule has 0 N–H and O–H groups in total. The van der Waals surface area contributed by atoms with Gasteiger partial charge in [0.05, 0.1) is 0 Å². The first kappa shape index (κ1) is 21.2. The molecule has 0 heterocycles. The maximum absolute atomic E-state index is 6.43. The number of rotatable bonds is 6. The minimum absolute atomic E-state index is 0.0554. The van der Waals surface area contributed by atoms with Gasteiger partial charge in [-0.05, 0) is 34.2 Å². The van der Waals surface area contributed by atoms with Gasteiger partial charge in [-0.2, -0.15) is 0 Å². The Hall–Kier alpha value is -1.53. The first-order valence-corrected chi connectivity index (χ1v) is 12.6. The molecule has 4 heteroatoms. The summed E-state index contributed by atoms with van der Waals surface area (Å²) in [5.74, 6) is 0. The lowest BCUT2D eigenvalue weighted by Crippen LogP contribution is -2.27. The van der Waals surface area contributed by atoms with Crippen LogP contribution in [0.15, 0.2) is 78.9 Å². The topological polar surface area (TPSA) is 3.24 Å². The molecule has 0 aliphatic rings. The van der Waals surface area contributed by atoms with E-state index in [1.807, 2.05) is 12.1 Å². The Morgan fingerprint density at radius 3 is 1.68 bits per heavy atom. The summed E-state index contributed by atoms with van der Waals surface area (Å²) in [6.45, 7) is 7.05. The molecule has 1 nitrogen and oxygen atoms in total. The van der Waals surface area contributed by atoms with Crippen molar-refractivity contribution in [2.24, 2.45) is 0 Å². The van der Waals surface area contributed by atoms with Crippen molar-refractivity contribution in [1.29, 1.82) is 0 Å². The number of halogens is 2. The largest absolute Gasteiger partial charge is 0.362 e. The predicted octanol–water partition coefficient (Wildman–Crippen LogP) is 7.61. The molecule has 3 aromatic carbocycles. The summed E-state index contributed by atoms with van der Waals surface area (Å²) >= 11 is 12.9. The first-order chi connectivity index (χ1) is 13.3. The number of anilines is 1. The summed E-state index contributed by atoms with van der Waals surface area (Å²) < 4.78 is 0. The Morgan fingerprint density at radius 2 is 1.25 bits per heavy atom. The molecule has 0 amide bonds. The van der Waals surface area contributed by atoms with Crippen LogP contribution >= 0.6 is 29.1 Å². The summed E-state index contributed by atoms with van der Waals surface area (Å²) in [4.78, 5) is 2.38. The summed E-state index contributed by atoms with van der Waals surface area (Å²) in [5.41, 5.74) is 4.98. The van der Waals surface area contributed by atoms with E-state index in [-0.39, 0.29) is 5.41 Å². The summed E-state index contributed by atoms with van der Waals surface area (Å²) in [6, 6.07) is 27.6. The van der Waals surface area contributed by atoms with E-state index in [1.165, 1.54) is 16.7 Å². The fraction of sp³-hybridized carbons (Fsp3) is 0.250. The minimum Gasteiger partial charge on any atom is -0.362 e. The average molecular weight is 430 g/mol. The fourth-order valence-corrected chi connectivity index (χ4v) is 4.64. The highest BCUT2D eigenvalue weighted by molar-refractivity contribution is 8.09. The third-order valence-electron chi connectivity index (χ3n) is 4.80. The van der Waals surface area contributed by atoms with Crippen molar-refractivity contribution in [2.45, 2.75) is 39.3 Å². The highest BCUT2D eigenvalue weighted by Crippen LogP contribution is 2.48. The van der Waals surface area contributed by atoms with Crippen LogP contribution in [0.2, 0.25) is 0 Å². The van der Waals surface area contributed by atoms with Crippen LogP contribution in [0.4, 0.5) is 5.69 Å². The predicted molar refractivity (Wildman–Crippen MR) is 126 cm³/mol. The van der Waals surface area contributed by atoms with Crippen LogP contribution in [0, 0.1) is 0 Å². The highest BCUT2D eigenvalue weighted by atomic mass is 35.9. The zero-order valence-corrected chi connectivity index (χ0v) is 19.0. The monoisotopic (exact) mass is 429 g/mol. The Balaban J connectivity index is 2.07. The molecule has 28 heavy (non-hydrogen) atoms. The standard InChI is InChI=1S/C24H26Cl2NP/c1-24(2,3)21-14-15-23(28(25)26)22(16-21)27(17-19-10-6-4-7-11-19)18-20-12-8-5-9-13-20/h4-16H,17-18H2,1-3H3. The van der Waals surface area contributed by atoms with E-state index in [1.54, 1.807) is 0 Å². The Bertz CT molecular complexity index is 848. The van der Waals surface area contributed by atoms with Gasteiger partial charge in [0.1, 0.15) is 6.63 Å². The molecule has 0 unspecified atom stereocenters. The second kappa shape index (κ2) is 9.31. The van der Waals surface area contributed by atoms with Crippen LogP contribution in [0.1, 0.15) is 37.5 Å². The molecule has 3 rings (SSSR count). The van der Waals surface area contributed by atoms with E-state index in [2.05, 4.69) is 92.4 Å². The van der Waals surface area contributed by atoms with Crippen LogP contribution in [-0.4, -0.2) is 0 Å². The lowest BCUT2D eigenvalue weighted by atomic mass is 9.87. The van der Waals surface area contributed by atoms with E-state index in [9.17, 15) is 0 Å². The summed E-state index contributed by atoms with van der Waals surface area (Å²) in [5, 5.41) is 1.01. The quantitative estimate of drug-likeness (QED) is 0.364. The third kappa shape index (κ3) is 5.51. The molecule has 0 fully saturated rings. The number of benzene rings is 3. The number of hydrogen-bond donors (Lipinski definition) is 0. The first-order valence-electron chi connectivity index (χ1n) is 9.43. The van der Waals surface area contributed by atoms with Crippen LogP contribution in [0.3, 0.4) is 0 Å². The summed E-state index contributed by atoms with van der Waals surface area (Å²) in [7, 11) is 0. The van der Waals surface area contributed by atoms with Gasteiger partial charge in [0, 0.05) is 24.1 Å². The normalized spacial score (nSPS) is 11.6. The van der Waals surface area contributed by atoms with Crippen LogP contribution < -0.4 is 10.2 Å². The lowest BCUT2D eigenvalue weighted by Gasteiger charge is -2.30. The molecule has 0 spiro atoms. The molecular formula is C24H26Cl2NP. The van der Waals surface area contributed by atoms with Gasteiger partial charge < -0.3 is 4.90 Å². The maximum Gasteiger partial charge on any atom is 0.119 e. The zero-order valence-electron chi connectivity index (χ0n) is 16.6. The second-order valence-corrected chi connectivity index (χ2v) is 11.5. The van der Waals surface area contributed by atoms with Crippen molar-refractivity contribution in [3.63, 3.8) is 0 Å². The van der Waals surface area contributed by atoms with Crippen molar-refractivity contribution < 1.29 is 0 Å². The van der Waals surface area contributed by atoms with Gasteiger partial charge in [0.25, 0.3) is 0 Å². The Kier molecular flexibility index (Phi) is 7.05. The van der Waals surface area contributed by atoms with E-state index in [0.717, 1.165) is 24.1 Å². The Morgan fingerprint density at radius 1 is 0.750 bits per heavy atom. The molecule has 0 saturated heterocycles. The van der Waals surface area contributed by atoms with Crippen molar-refractivity contribution in [3.8, 4) is 0 Å². The van der Waals surface area contributed by atoms with Gasteiger partial charge in [0.15, 0.2) is 0 Å². The van der Waals surface area contributed by atoms with Gasteiger partial charge in [-0.15, -0.1) is 0 Å². The maximum atomic E-state index is 6.43. The molecule has 0 bridgehead atoms. The van der Waals surface area contributed by atoms with Gasteiger partial charge in [-0.3, -0.25) is 0 Å². The van der Waals surface area contributed by atoms with E-state index >= 15 is 0 Å². The van der Waals surface area contributed by atoms with Crippen molar-refractivity contribution in [2.75, 3.05) is 4.90 Å². The molecule has 0 radical (unpaired) electrons. The number of hydrogen-bond acceptors (Lipinski definition) is 1. The molecule has 0 atom stereocenters. The molecule has 0 aromatic heterocycles. The molecule has 0 aliphatic carbocycles. The second-order valence-electron chi connectivity index (χ2n) is 8.01. The Labute approximate surface area is 179 Å². The van der Waals surface area contributed by atoms with E-state index in [4.69, 9.17) is 22.5 Å². The van der Waals surface area contributed by atoms with Gasteiger partial charge in [-0.1, -0.05) is 110 Å². The molecule has 3 aromatic rings. The van der Waals surface area contributed by atoms with E-state index < -0.39 is 6.63 Å². The third-order valence-corrected chi connectivity index (χ3v) is 6.63. The summed E-state index contributed by atoms with van der Waals surface area (Å²) in [6.07, 6.45) is 0. The smallest absolute Gasteiger partial charge is 0.119 e. The molecule has 0 aliphatic heterocycles. The van der Waals surface area contributed by atoms with Crippen LogP contribution in [-0.2, 0) is 18.5 Å². The average Bonchev–Trinajstić information content (AvgIpc) is 2.68. The van der Waals surface area contributed by atoms with Gasteiger partial charge in [-0.25, -0.2) is 0 Å². The molecular weight excluding hydrogens is 404 g/mol.